The van der Waals surface area contributed by atoms with Crippen LogP contribution in [0.2, 0.25) is 0 Å². The molecule has 12 heteroatoms. The van der Waals surface area contributed by atoms with Gasteiger partial charge in [-0.25, -0.2) is 4.79 Å². The molecule has 1 aliphatic heterocycles. The standard InChI is InChI=1S/C18H24N2O10/c1-6-7-19-18(25)20-17-16(29-12(5)24)15(28-11(4)23)14(27-10(3)22)13(30-17)8-26-9(2)21/h1,13-17H,7-8H2,2-5H3,(H2,19,20,25). The van der Waals surface area contributed by atoms with Crippen LogP contribution < -0.4 is 10.6 Å². The number of nitrogens with one attached hydrogen (secondary N) is 2. The van der Waals surface area contributed by atoms with E-state index in [0.717, 1.165) is 27.7 Å². The predicted molar refractivity (Wildman–Crippen MR) is 97.3 cm³/mol. The van der Waals surface area contributed by atoms with E-state index >= 15 is 0 Å². The van der Waals surface area contributed by atoms with Gasteiger partial charge in [0.2, 0.25) is 0 Å². The summed E-state index contributed by atoms with van der Waals surface area (Å²) in [6.07, 6.45) is -1.50. The fraction of sp³-hybridized carbons (Fsp3) is 0.611. The molecule has 0 spiro atoms. The quantitative estimate of drug-likeness (QED) is 0.293. The van der Waals surface area contributed by atoms with Crippen LogP contribution in [-0.4, -0.2) is 73.7 Å². The molecule has 5 atom stereocenters. The fourth-order valence-electron chi connectivity index (χ4n) is 2.66. The number of terminal acetylenes is 1. The summed E-state index contributed by atoms with van der Waals surface area (Å²) in [5, 5.41) is 4.72. The topological polar surface area (TPSA) is 156 Å². The molecular weight excluding hydrogens is 404 g/mol. The van der Waals surface area contributed by atoms with Gasteiger partial charge < -0.3 is 34.3 Å². The normalized spacial score (nSPS) is 25.1. The van der Waals surface area contributed by atoms with Gasteiger partial charge in [-0.1, -0.05) is 5.92 Å². The Labute approximate surface area is 172 Å². The van der Waals surface area contributed by atoms with E-state index in [1.54, 1.807) is 0 Å². The van der Waals surface area contributed by atoms with Gasteiger partial charge in [-0.3, -0.25) is 19.2 Å². The highest BCUT2D eigenvalue weighted by molar-refractivity contribution is 5.74. The maximum absolute atomic E-state index is 12.0. The minimum atomic E-state index is -1.39. The van der Waals surface area contributed by atoms with Gasteiger partial charge in [0.05, 0.1) is 6.54 Å². The smallest absolute Gasteiger partial charge is 0.317 e. The van der Waals surface area contributed by atoms with Crippen LogP contribution in [-0.2, 0) is 42.9 Å². The van der Waals surface area contributed by atoms with Gasteiger partial charge in [-0.05, 0) is 0 Å². The van der Waals surface area contributed by atoms with Crippen LogP contribution in [0.4, 0.5) is 4.79 Å². The summed E-state index contributed by atoms with van der Waals surface area (Å²) in [7, 11) is 0. The van der Waals surface area contributed by atoms with E-state index in [1.165, 1.54) is 0 Å². The minimum absolute atomic E-state index is 0.100. The fourth-order valence-corrected chi connectivity index (χ4v) is 2.66. The molecular formula is C18H24N2O10. The van der Waals surface area contributed by atoms with Gasteiger partial charge in [0.1, 0.15) is 12.7 Å². The second-order valence-corrected chi connectivity index (χ2v) is 6.15. The Bertz CT molecular complexity index is 716. The highest BCUT2D eigenvalue weighted by atomic mass is 16.7. The second-order valence-electron chi connectivity index (χ2n) is 6.15. The Hall–Kier alpha value is -3.33. The lowest BCUT2D eigenvalue weighted by Crippen LogP contribution is -2.66. The number of carbonyl (C=O) groups excluding carboxylic acids is 5. The van der Waals surface area contributed by atoms with Gasteiger partial charge in [-0.15, -0.1) is 6.42 Å². The Morgan fingerprint density at radius 1 is 0.867 bits per heavy atom. The van der Waals surface area contributed by atoms with Crippen LogP contribution in [0.5, 0.6) is 0 Å². The molecule has 0 aromatic rings. The van der Waals surface area contributed by atoms with Crippen molar-refractivity contribution in [3.05, 3.63) is 0 Å². The largest absolute Gasteiger partial charge is 0.463 e. The van der Waals surface area contributed by atoms with E-state index in [2.05, 4.69) is 16.6 Å². The van der Waals surface area contributed by atoms with Crippen molar-refractivity contribution in [2.75, 3.05) is 13.2 Å². The van der Waals surface area contributed by atoms with Crippen LogP contribution in [0, 0.1) is 12.3 Å². The number of hydrogen-bond donors (Lipinski definition) is 2. The Kier molecular flexibility index (Phi) is 9.57. The molecule has 0 aliphatic carbocycles. The zero-order valence-corrected chi connectivity index (χ0v) is 17.0. The van der Waals surface area contributed by atoms with Crippen molar-refractivity contribution in [2.45, 2.75) is 58.3 Å². The maximum Gasteiger partial charge on any atom is 0.317 e. The van der Waals surface area contributed by atoms with Crippen molar-refractivity contribution in [3.8, 4) is 12.3 Å². The molecule has 0 aromatic carbocycles. The lowest BCUT2D eigenvalue weighted by Gasteiger charge is -2.44. The van der Waals surface area contributed by atoms with E-state index in [1.807, 2.05) is 0 Å². The first-order valence-electron chi connectivity index (χ1n) is 8.83. The molecule has 0 aromatic heterocycles. The van der Waals surface area contributed by atoms with Crippen LogP contribution in [0.1, 0.15) is 27.7 Å². The molecule has 1 rings (SSSR count). The molecule has 166 valence electrons. The summed E-state index contributed by atoms with van der Waals surface area (Å²) in [6, 6.07) is -0.770. The Morgan fingerprint density at radius 3 is 1.90 bits per heavy atom. The molecule has 0 radical (unpaired) electrons. The number of rotatable bonds is 7. The zero-order valence-electron chi connectivity index (χ0n) is 17.0. The molecule has 12 nitrogen and oxygen atoms in total. The highest BCUT2D eigenvalue weighted by Gasteiger charge is 2.52. The van der Waals surface area contributed by atoms with E-state index < -0.39 is 67.2 Å². The average Bonchev–Trinajstić information content (AvgIpc) is 2.62. The minimum Gasteiger partial charge on any atom is -0.463 e. The van der Waals surface area contributed by atoms with Crippen molar-refractivity contribution in [1.82, 2.24) is 10.6 Å². The molecule has 1 fully saturated rings. The molecule has 30 heavy (non-hydrogen) atoms. The molecule has 1 saturated heterocycles. The maximum atomic E-state index is 12.0. The van der Waals surface area contributed by atoms with Gasteiger partial charge in [0, 0.05) is 27.7 Å². The summed E-state index contributed by atoms with van der Waals surface area (Å²) in [5.74, 6) is -0.765. The lowest BCUT2D eigenvalue weighted by molar-refractivity contribution is -0.255. The summed E-state index contributed by atoms with van der Waals surface area (Å²) < 4.78 is 26.2. The van der Waals surface area contributed by atoms with Crippen LogP contribution in [0.25, 0.3) is 0 Å². The second kappa shape index (κ2) is 11.6. The third-order valence-electron chi connectivity index (χ3n) is 3.62. The summed E-state index contributed by atoms with van der Waals surface area (Å²) >= 11 is 0. The number of amides is 2. The molecule has 2 N–H and O–H groups in total. The molecule has 0 bridgehead atoms. The van der Waals surface area contributed by atoms with E-state index in [9.17, 15) is 24.0 Å². The molecule has 5 unspecified atom stereocenters. The van der Waals surface area contributed by atoms with Gasteiger partial charge in [0.15, 0.2) is 24.5 Å². The number of ether oxygens (including phenoxy) is 5. The third-order valence-corrected chi connectivity index (χ3v) is 3.62. The Balaban J connectivity index is 3.29. The van der Waals surface area contributed by atoms with E-state index in [0.29, 0.717) is 0 Å². The summed E-state index contributed by atoms with van der Waals surface area (Å²) in [4.78, 5) is 58.2. The van der Waals surface area contributed by atoms with Crippen molar-refractivity contribution >= 4 is 29.9 Å². The monoisotopic (exact) mass is 428 g/mol. The molecule has 0 saturated carbocycles. The number of hydrogen-bond acceptors (Lipinski definition) is 10. The van der Waals surface area contributed by atoms with Crippen LogP contribution in [0.15, 0.2) is 0 Å². The first-order chi connectivity index (χ1) is 14.0. The predicted octanol–water partition coefficient (Wildman–Crippen LogP) is -0.998. The zero-order chi connectivity index (χ0) is 22.8. The number of esters is 4. The van der Waals surface area contributed by atoms with Crippen molar-refractivity contribution < 1.29 is 47.7 Å². The summed E-state index contributed by atoms with van der Waals surface area (Å²) in [5.41, 5.74) is 0. The van der Waals surface area contributed by atoms with Crippen LogP contribution in [0.3, 0.4) is 0 Å². The Morgan fingerprint density at radius 2 is 1.40 bits per heavy atom. The van der Waals surface area contributed by atoms with Crippen molar-refractivity contribution in [2.24, 2.45) is 0 Å². The summed E-state index contributed by atoms with van der Waals surface area (Å²) in [6.45, 7) is 3.93. The first kappa shape index (κ1) is 24.7. The first-order valence-corrected chi connectivity index (χ1v) is 8.83. The highest BCUT2D eigenvalue weighted by Crippen LogP contribution is 2.28. The van der Waals surface area contributed by atoms with Gasteiger partial charge >= 0.3 is 29.9 Å². The van der Waals surface area contributed by atoms with Gasteiger partial charge in [0.25, 0.3) is 0 Å². The lowest BCUT2D eigenvalue weighted by atomic mass is 9.97. The molecule has 2 amide bonds. The molecule has 1 aliphatic rings. The van der Waals surface area contributed by atoms with Gasteiger partial charge in [-0.2, -0.15) is 0 Å². The van der Waals surface area contributed by atoms with E-state index in [4.69, 9.17) is 30.1 Å². The third kappa shape index (κ3) is 7.96. The van der Waals surface area contributed by atoms with Crippen molar-refractivity contribution in [3.63, 3.8) is 0 Å². The van der Waals surface area contributed by atoms with Crippen LogP contribution >= 0.6 is 0 Å². The average molecular weight is 428 g/mol. The SMILES string of the molecule is C#CCNC(=O)NC1OC(COC(C)=O)C(OC(C)=O)C(OC(C)=O)C1OC(C)=O. The van der Waals surface area contributed by atoms with Crippen molar-refractivity contribution in [1.29, 1.82) is 0 Å². The number of urea groups is 1. The van der Waals surface area contributed by atoms with E-state index in [-0.39, 0.29) is 6.54 Å². The molecule has 1 heterocycles. The number of carbonyl (C=O) groups is 5.